The molecule has 0 aromatic heterocycles. The van der Waals surface area contributed by atoms with Crippen LogP contribution in [0.1, 0.15) is 17.4 Å². The predicted molar refractivity (Wildman–Crippen MR) is 91.9 cm³/mol. The zero-order valence-electron chi connectivity index (χ0n) is 12.9. The van der Waals surface area contributed by atoms with Crippen LogP contribution in [0, 0.1) is 0 Å². The summed E-state index contributed by atoms with van der Waals surface area (Å²) in [6.45, 7) is 0.572. The van der Waals surface area contributed by atoms with Crippen LogP contribution in [0.4, 0.5) is 10.5 Å². The lowest BCUT2D eigenvalue weighted by molar-refractivity contribution is 0.101. The van der Waals surface area contributed by atoms with Crippen molar-refractivity contribution in [3.63, 3.8) is 0 Å². The van der Waals surface area contributed by atoms with Gasteiger partial charge in [-0.3, -0.25) is 5.32 Å². The molecule has 2 atom stereocenters. The van der Waals surface area contributed by atoms with E-state index in [1.807, 2.05) is 18.2 Å². The number of halogens is 1. The summed E-state index contributed by atoms with van der Waals surface area (Å²) in [4.78, 5) is 11.0. The van der Waals surface area contributed by atoms with Gasteiger partial charge in [0.25, 0.3) is 0 Å². The van der Waals surface area contributed by atoms with Gasteiger partial charge in [0, 0.05) is 6.04 Å². The Morgan fingerprint density at radius 3 is 2.79 bits per heavy atom. The summed E-state index contributed by atoms with van der Waals surface area (Å²) in [6, 6.07) is 15.4. The Hall–Kier alpha value is -2.12. The van der Waals surface area contributed by atoms with Gasteiger partial charge in [0.2, 0.25) is 0 Å². The maximum atomic E-state index is 11.0. The monoisotopic (exact) mass is 347 g/mol. The molecule has 3 rings (SSSR count). The number of anilines is 1. The minimum Gasteiger partial charge on any atom is -0.464 e. The number of rotatable bonds is 4. The molecular formula is C17H18ClN3O3. The van der Waals surface area contributed by atoms with Crippen LogP contribution < -0.4 is 16.2 Å². The lowest BCUT2D eigenvalue weighted by Crippen LogP contribution is -2.36. The predicted octanol–water partition coefficient (Wildman–Crippen LogP) is 2.93. The minimum absolute atomic E-state index is 0.185. The summed E-state index contributed by atoms with van der Waals surface area (Å²) >= 11 is 6.03. The van der Waals surface area contributed by atoms with E-state index in [1.54, 1.807) is 18.2 Å². The van der Waals surface area contributed by atoms with Crippen molar-refractivity contribution in [1.29, 1.82) is 0 Å². The van der Waals surface area contributed by atoms with Crippen molar-refractivity contribution in [3.8, 4) is 0 Å². The van der Waals surface area contributed by atoms with E-state index in [2.05, 4.69) is 17.4 Å². The van der Waals surface area contributed by atoms with Crippen molar-refractivity contribution in [2.45, 2.75) is 18.7 Å². The molecule has 0 radical (unpaired) electrons. The van der Waals surface area contributed by atoms with E-state index in [9.17, 15) is 4.79 Å². The molecule has 1 aliphatic heterocycles. The van der Waals surface area contributed by atoms with Crippen LogP contribution in [0.5, 0.6) is 0 Å². The Balaban J connectivity index is 1.71. The molecule has 1 aliphatic rings. The fourth-order valence-electron chi connectivity index (χ4n) is 2.71. The number of benzene rings is 2. The summed E-state index contributed by atoms with van der Waals surface area (Å²) in [7, 11) is 0. The number of nitrogens with one attached hydrogen (secondary N) is 1. The highest BCUT2D eigenvalue weighted by molar-refractivity contribution is 6.33. The fraction of sp³-hybridized carbons (Fsp3) is 0.235. The molecule has 0 aliphatic carbocycles. The van der Waals surface area contributed by atoms with Crippen molar-refractivity contribution in [1.82, 2.24) is 5.32 Å². The molecule has 1 saturated heterocycles. The van der Waals surface area contributed by atoms with Crippen LogP contribution in [0.25, 0.3) is 0 Å². The van der Waals surface area contributed by atoms with Crippen LogP contribution in [-0.4, -0.2) is 23.8 Å². The van der Waals surface area contributed by atoms with Gasteiger partial charge in [-0.1, -0.05) is 48.0 Å². The molecule has 1 amide bonds. The third kappa shape index (κ3) is 3.68. The lowest BCUT2D eigenvalue weighted by atomic mass is 10.1. The molecule has 0 spiro atoms. The highest BCUT2D eigenvalue weighted by atomic mass is 35.5. The number of carboxylic acid groups (broad SMARTS) is 1. The zero-order valence-corrected chi connectivity index (χ0v) is 13.6. The van der Waals surface area contributed by atoms with Crippen LogP contribution in [0.3, 0.4) is 0 Å². The second-order valence-corrected chi connectivity index (χ2v) is 6.04. The molecule has 24 heavy (non-hydrogen) atoms. The number of carbonyl (C=O) groups is 1. The molecule has 1 heterocycles. The topological polar surface area (TPSA) is 87.8 Å². The third-order valence-corrected chi connectivity index (χ3v) is 4.23. The first-order valence-electron chi connectivity index (χ1n) is 7.53. The molecule has 2 aromatic rings. The van der Waals surface area contributed by atoms with E-state index in [1.165, 1.54) is 5.56 Å². The van der Waals surface area contributed by atoms with E-state index in [4.69, 9.17) is 27.3 Å². The first kappa shape index (κ1) is 16.7. The second-order valence-electron chi connectivity index (χ2n) is 5.63. The van der Waals surface area contributed by atoms with Gasteiger partial charge in [-0.25, -0.2) is 15.6 Å². The lowest BCUT2D eigenvalue weighted by Gasteiger charge is -2.18. The van der Waals surface area contributed by atoms with Crippen LogP contribution in [0.15, 0.2) is 48.5 Å². The molecule has 126 valence electrons. The van der Waals surface area contributed by atoms with Crippen molar-refractivity contribution in [3.05, 3.63) is 64.7 Å². The summed E-state index contributed by atoms with van der Waals surface area (Å²) in [5.41, 5.74) is 2.23. The summed E-state index contributed by atoms with van der Waals surface area (Å²) in [6.07, 6.45) is -0.746. The average molecular weight is 348 g/mol. The number of ether oxygens (including phenoxy) is 1. The largest absolute Gasteiger partial charge is 0.464 e. The summed E-state index contributed by atoms with van der Waals surface area (Å²) < 4.78 is 5.80. The number of hydrogen-bond donors (Lipinski definition) is 3. The fourth-order valence-corrected chi connectivity index (χ4v) is 2.92. The molecule has 7 heteroatoms. The Morgan fingerprint density at radius 1 is 1.33 bits per heavy atom. The second kappa shape index (κ2) is 7.19. The van der Waals surface area contributed by atoms with Crippen molar-refractivity contribution < 1.29 is 14.6 Å². The SMILES string of the molecule is NN(C(=O)O)c1cc(C2NC(Cc3ccccc3)CO2)ccc1Cl. The van der Waals surface area contributed by atoms with Crippen LogP contribution >= 0.6 is 11.6 Å². The van der Waals surface area contributed by atoms with Crippen molar-refractivity contribution >= 4 is 23.4 Å². The van der Waals surface area contributed by atoms with Gasteiger partial charge in [0.15, 0.2) is 0 Å². The number of nitrogens with zero attached hydrogens (tertiary/aromatic N) is 1. The van der Waals surface area contributed by atoms with E-state index >= 15 is 0 Å². The van der Waals surface area contributed by atoms with Gasteiger partial charge in [-0.15, -0.1) is 0 Å². The van der Waals surface area contributed by atoms with Crippen molar-refractivity contribution in [2.24, 2.45) is 5.84 Å². The molecule has 0 bridgehead atoms. The normalized spacial score (nSPS) is 20.1. The first-order chi connectivity index (χ1) is 11.5. The van der Waals surface area contributed by atoms with Gasteiger partial charge in [0.1, 0.15) is 6.23 Å². The quantitative estimate of drug-likeness (QED) is 0.449. The zero-order chi connectivity index (χ0) is 17.1. The van der Waals surface area contributed by atoms with E-state index in [0.717, 1.165) is 12.0 Å². The number of amides is 1. The number of hydrogen-bond acceptors (Lipinski definition) is 4. The summed E-state index contributed by atoms with van der Waals surface area (Å²) in [5.74, 6) is 5.52. The van der Waals surface area contributed by atoms with Crippen LogP contribution in [0.2, 0.25) is 5.02 Å². The Kier molecular flexibility index (Phi) is 5.01. The van der Waals surface area contributed by atoms with Gasteiger partial charge in [-0.2, -0.15) is 0 Å². The molecule has 2 unspecified atom stereocenters. The maximum Gasteiger partial charge on any atom is 0.426 e. The van der Waals surface area contributed by atoms with E-state index in [0.29, 0.717) is 11.6 Å². The molecule has 1 fully saturated rings. The standard InChI is InChI=1S/C17H18ClN3O3/c18-14-7-6-12(9-15(14)21(19)17(22)23)16-20-13(10-24-16)8-11-4-2-1-3-5-11/h1-7,9,13,16,20H,8,10,19H2,(H,22,23). The third-order valence-electron chi connectivity index (χ3n) is 3.91. The van der Waals surface area contributed by atoms with Gasteiger partial charge in [0.05, 0.1) is 17.3 Å². The van der Waals surface area contributed by atoms with Crippen molar-refractivity contribution in [2.75, 3.05) is 11.6 Å². The Morgan fingerprint density at radius 2 is 2.08 bits per heavy atom. The highest BCUT2D eigenvalue weighted by Gasteiger charge is 2.27. The summed E-state index contributed by atoms with van der Waals surface area (Å²) in [5, 5.41) is 13.3. The first-order valence-corrected chi connectivity index (χ1v) is 7.91. The van der Waals surface area contributed by atoms with Crippen LogP contribution in [-0.2, 0) is 11.2 Å². The molecule has 2 aromatic carbocycles. The van der Waals surface area contributed by atoms with Gasteiger partial charge >= 0.3 is 6.09 Å². The number of hydrazine groups is 1. The molecule has 4 N–H and O–H groups in total. The van der Waals surface area contributed by atoms with E-state index < -0.39 is 6.09 Å². The molecule has 0 saturated carbocycles. The molecule has 6 nitrogen and oxygen atoms in total. The van der Waals surface area contributed by atoms with E-state index in [-0.39, 0.29) is 23.0 Å². The van der Waals surface area contributed by atoms with Gasteiger partial charge in [-0.05, 0) is 29.7 Å². The van der Waals surface area contributed by atoms with Gasteiger partial charge < -0.3 is 9.84 Å². The number of nitrogens with two attached hydrogens (primary N) is 1. The Labute approximate surface area is 144 Å². The Bertz CT molecular complexity index is 726. The maximum absolute atomic E-state index is 11.0. The average Bonchev–Trinajstić information content (AvgIpc) is 3.04. The highest BCUT2D eigenvalue weighted by Crippen LogP contribution is 2.30. The smallest absolute Gasteiger partial charge is 0.426 e. The molecular weight excluding hydrogens is 330 g/mol. The minimum atomic E-state index is -1.28.